The van der Waals surface area contributed by atoms with Crippen LogP contribution in [0.3, 0.4) is 0 Å². The van der Waals surface area contributed by atoms with Gasteiger partial charge in [-0.15, -0.1) is 0 Å². The van der Waals surface area contributed by atoms with Crippen LogP contribution in [-0.2, 0) is 32.2 Å². The van der Waals surface area contributed by atoms with E-state index in [4.69, 9.17) is 5.26 Å². The third-order valence-corrected chi connectivity index (χ3v) is 5.38. The van der Waals surface area contributed by atoms with E-state index in [0.717, 1.165) is 30.4 Å². The van der Waals surface area contributed by atoms with E-state index in [1.165, 1.54) is 29.5 Å². The highest BCUT2D eigenvalue weighted by molar-refractivity contribution is 5.88. The van der Waals surface area contributed by atoms with Crippen LogP contribution in [0.15, 0.2) is 30.5 Å². The van der Waals surface area contributed by atoms with E-state index < -0.39 is 0 Å². The van der Waals surface area contributed by atoms with Crippen molar-refractivity contribution in [3.05, 3.63) is 58.3 Å². The lowest BCUT2D eigenvalue weighted by molar-refractivity contribution is 0.206. The first-order chi connectivity index (χ1) is 12.7. The Morgan fingerprint density at radius 1 is 1.19 bits per heavy atom. The average Bonchev–Trinajstić information content (AvgIpc) is 2.68. The molecule has 0 fully saturated rings. The first-order valence-corrected chi connectivity index (χ1v) is 9.25. The number of nitrogens with zero attached hydrogens (tertiary/aromatic N) is 3. The van der Waals surface area contributed by atoms with E-state index in [-0.39, 0.29) is 6.03 Å². The SMILES string of the molecule is N#CCc1cccc2c1CCN(C(=O)Nc1cc3c(cn1)CCCC3)C2. The molecular formula is C21H22N4O. The maximum Gasteiger partial charge on any atom is 0.323 e. The number of benzene rings is 1. The summed E-state index contributed by atoms with van der Waals surface area (Å²) in [5.74, 6) is 0.639. The summed E-state index contributed by atoms with van der Waals surface area (Å²) < 4.78 is 0. The summed E-state index contributed by atoms with van der Waals surface area (Å²) in [6.07, 6.45) is 7.71. The van der Waals surface area contributed by atoms with Crippen molar-refractivity contribution >= 4 is 11.8 Å². The van der Waals surface area contributed by atoms with E-state index in [1.807, 2.05) is 35.4 Å². The topological polar surface area (TPSA) is 69.0 Å². The molecule has 0 saturated heterocycles. The van der Waals surface area contributed by atoms with E-state index in [9.17, 15) is 4.79 Å². The second kappa shape index (κ2) is 7.17. The van der Waals surface area contributed by atoms with Crippen LogP contribution in [0.5, 0.6) is 0 Å². The first-order valence-electron chi connectivity index (χ1n) is 9.25. The molecule has 0 saturated carbocycles. The summed E-state index contributed by atoms with van der Waals surface area (Å²) >= 11 is 0. The van der Waals surface area contributed by atoms with Gasteiger partial charge in [0.05, 0.1) is 12.5 Å². The van der Waals surface area contributed by atoms with Crippen molar-refractivity contribution in [1.82, 2.24) is 9.88 Å². The number of carbonyl (C=O) groups is 1. The number of aromatic nitrogens is 1. The Bertz CT molecular complexity index is 884. The monoisotopic (exact) mass is 346 g/mol. The fourth-order valence-electron chi connectivity index (χ4n) is 3.98. The zero-order valence-corrected chi connectivity index (χ0v) is 14.8. The third-order valence-electron chi connectivity index (χ3n) is 5.38. The van der Waals surface area contributed by atoms with E-state index >= 15 is 0 Å². The number of fused-ring (bicyclic) bond motifs is 2. The number of nitriles is 1. The van der Waals surface area contributed by atoms with Gasteiger partial charge in [0, 0.05) is 19.3 Å². The predicted molar refractivity (Wildman–Crippen MR) is 99.8 cm³/mol. The van der Waals surface area contributed by atoms with Gasteiger partial charge in [-0.1, -0.05) is 18.2 Å². The number of anilines is 1. The van der Waals surface area contributed by atoms with Crippen molar-refractivity contribution in [3.63, 3.8) is 0 Å². The summed E-state index contributed by atoms with van der Waals surface area (Å²) in [6.45, 7) is 1.23. The van der Waals surface area contributed by atoms with Crippen molar-refractivity contribution in [3.8, 4) is 6.07 Å². The molecule has 5 nitrogen and oxygen atoms in total. The third kappa shape index (κ3) is 3.28. The van der Waals surface area contributed by atoms with E-state index in [0.29, 0.717) is 25.3 Å². The van der Waals surface area contributed by atoms with E-state index in [2.05, 4.69) is 16.4 Å². The van der Waals surface area contributed by atoms with Gasteiger partial charge in [0.15, 0.2) is 0 Å². The van der Waals surface area contributed by atoms with E-state index in [1.54, 1.807) is 0 Å². The minimum atomic E-state index is -0.107. The van der Waals surface area contributed by atoms with Gasteiger partial charge in [-0.2, -0.15) is 5.26 Å². The summed E-state index contributed by atoms with van der Waals surface area (Å²) in [4.78, 5) is 18.9. The second-order valence-electron chi connectivity index (χ2n) is 7.04. The number of urea groups is 1. The summed E-state index contributed by atoms with van der Waals surface area (Å²) in [6, 6.07) is 10.2. The molecule has 132 valence electrons. The zero-order chi connectivity index (χ0) is 17.9. The highest BCUT2D eigenvalue weighted by atomic mass is 16.2. The molecule has 0 bridgehead atoms. The number of pyridine rings is 1. The molecule has 1 aliphatic heterocycles. The van der Waals surface area contributed by atoms with Gasteiger partial charge in [-0.25, -0.2) is 9.78 Å². The quantitative estimate of drug-likeness (QED) is 0.903. The number of hydrogen-bond acceptors (Lipinski definition) is 3. The van der Waals surface area contributed by atoms with Crippen molar-refractivity contribution in [2.24, 2.45) is 0 Å². The molecule has 1 aromatic heterocycles. The maximum absolute atomic E-state index is 12.7. The zero-order valence-electron chi connectivity index (χ0n) is 14.8. The van der Waals surface area contributed by atoms with Gasteiger partial charge in [-0.05, 0) is 66.0 Å². The normalized spacial score (nSPS) is 15.6. The average molecular weight is 346 g/mol. The minimum Gasteiger partial charge on any atom is -0.320 e. The Labute approximate surface area is 153 Å². The van der Waals surface area contributed by atoms with Crippen LogP contribution in [0.2, 0.25) is 0 Å². The molecule has 1 aromatic carbocycles. The maximum atomic E-state index is 12.7. The number of hydrogen-bond donors (Lipinski definition) is 1. The highest BCUT2D eigenvalue weighted by Gasteiger charge is 2.23. The summed E-state index contributed by atoms with van der Waals surface area (Å²) in [5.41, 5.74) is 6.07. The van der Waals surface area contributed by atoms with Gasteiger partial charge < -0.3 is 4.90 Å². The summed E-state index contributed by atoms with van der Waals surface area (Å²) in [7, 11) is 0. The number of nitrogens with one attached hydrogen (secondary N) is 1. The van der Waals surface area contributed by atoms with Gasteiger partial charge in [0.25, 0.3) is 0 Å². The van der Waals surface area contributed by atoms with Crippen LogP contribution >= 0.6 is 0 Å². The largest absolute Gasteiger partial charge is 0.323 e. The minimum absolute atomic E-state index is 0.107. The van der Waals surface area contributed by atoms with Crippen LogP contribution in [0.1, 0.15) is 40.7 Å². The van der Waals surface area contributed by atoms with Crippen LogP contribution < -0.4 is 5.32 Å². The van der Waals surface area contributed by atoms with Crippen molar-refractivity contribution in [2.45, 2.75) is 45.1 Å². The van der Waals surface area contributed by atoms with Crippen LogP contribution in [0, 0.1) is 11.3 Å². The van der Waals surface area contributed by atoms with Crippen LogP contribution in [0.4, 0.5) is 10.6 Å². The second-order valence-corrected chi connectivity index (χ2v) is 7.04. The van der Waals surface area contributed by atoms with Crippen molar-refractivity contribution < 1.29 is 4.79 Å². The summed E-state index contributed by atoms with van der Waals surface area (Å²) in [5, 5.41) is 11.9. The fourth-order valence-corrected chi connectivity index (χ4v) is 3.98. The molecule has 5 heteroatoms. The molecule has 2 heterocycles. The standard InChI is InChI=1S/C21H22N4O/c22-10-8-15-6-3-7-18-14-25(11-9-19(15)18)21(26)24-20-12-16-4-1-2-5-17(16)13-23-20/h3,6-7,12-13H,1-2,4-5,8-9,11,14H2,(H,23,24,26). The Morgan fingerprint density at radius 3 is 2.88 bits per heavy atom. The highest BCUT2D eigenvalue weighted by Crippen LogP contribution is 2.25. The molecule has 2 aromatic rings. The Hall–Kier alpha value is -2.87. The molecule has 0 unspecified atom stereocenters. The van der Waals surface area contributed by atoms with Gasteiger partial charge in [0.2, 0.25) is 0 Å². The molecule has 26 heavy (non-hydrogen) atoms. The number of carbonyl (C=O) groups excluding carboxylic acids is 1. The number of amides is 2. The van der Waals surface area contributed by atoms with Crippen LogP contribution in [0.25, 0.3) is 0 Å². The molecule has 0 spiro atoms. The molecule has 0 radical (unpaired) electrons. The van der Waals surface area contributed by atoms with Crippen molar-refractivity contribution in [1.29, 1.82) is 5.26 Å². The Kier molecular flexibility index (Phi) is 4.57. The molecule has 2 aliphatic rings. The molecule has 1 N–H and O–H groups in total. The van der Waals surface area contributed by atoms with Crippen molar-refractivity contribution in [2.75, 3.05) is 11.9 Å². The lowest BCUT2D eigenvalue weighted by Crippen LogP contribution is -2.39. The lowest BCUT2D eigenvalue weighted by atomic mass is 9.93. The number of rotatable bonds is 2. The van der Waals surface area contributed by atoms with Gasteiger partial charge in [0.1, 0.15) is 5.82 Å². The fraction of sp³-hybridized carbons (Fsp3) is 0.381. The smallest absolute Gasteiger partial charge is 0.320 e. The molecule has 2 amide bonds. The first kappa shape index (κ1) is 16.6. The van der Waals surface area contributed by atoms with Crippen LogP contribution in [-0.4, -0.2) is 22.5 Å². The molecule has 1 aliphatic carbocycles. The molecule has 0 atom stereocenters. The molecule has 4 rings (SSSR count). The Morgan fingerprint density at radius 2 is 2.04 bits per heavy atom. The lowest BCUT2D eigenvalue weighted by Gasteiger charge is -2.30. The van der Waals surface area contributed by atoms with Gasteiger partial charge >= 0.3 is 6.03 Å². The predicted octanol–water partition coefficient (Wildman–Crippen LogP) is 3.62. The van der Waals surface area contributed by atoms with Gasteiger partial charge in [-0.3, -0.25) is 5.32 Å². The number of aryl methyl sites for hydroxylation is 2. The molecular weight excluding hydrogens is 324 g/mol. The Balaban J connectivity index is 1.47.